The summed E-state index contributed by atoms with van der Waals surface area (Å²) in [5.41, 5.74) is 2.10. The van der Waals surface area contributed by atoms with Crippen molar-refractivity contribution in [1.82, 2.24) is 9.80 Å². The second-order valence-electron chi connectivity index (χ2n) is 8.25. The van der Waals surface area contributed by atoms with Gasteiger partial charge in [0.2, 0.25) is 5.91 Å². The summed E-state index contributed by atoms with van der Waals surface area (Å²) in [6.07, 6.45) is 5.18. The Kier molecular flexibility index (Phi) is 5.69. The molecular formula is C22H32N2O2. The van der Waals surface area contributed by atoms with Gasteiger partial charge in [-0.15, -0.1) is 0 Å². The van der Waals surface area contributed by atoms with Crippen LogP contribution in [0, 0.1) is 12.8 Å². The second-order valence-corrected chi connectivity index (χ2v) is 8.25. The third kappa shape index (κ3) is 3.65. The Balaban J connectivity index is 1.92. The lowest BCUT2D eigenvalue weighted by atomic mass is 9.85. The minimum atomic E-state index is -0.480. The normalized spacial score (nSPS) is 28.4. The van der Waals surface area contributed by atoms with Gasteiger partial charge in [-0.2, -0.15) is 0 Å². The summed E-state index contributed by atoms with van der Waals surface area (Å²) in [6, 6.07) is 7.87. The van der Waals surface area contributed by atoms with Crippen LogP contribution in [0.1, 0.15) is 70.0 Å². The summed E-state index contributed by atoms with van der Waals surface area (Å²) in [7, 11) is 0. The molecule has 0 N–H and O–H groups in total. The molecule has 1 saturated carbocycles. The molecule has 0 radical (unpaired) electrons. The van der Waals surface area contributed by atoms with Crippen molar-refractivity contribution in [3.8, 4) is 0 Å². The van der Waals surface area contributed by atoms with Crippen LogP contribution in [0.2, 0.25) is 0 Å². The van der Waals surface area contributed by atoms with Crippen LogP contribution in [-0.2, 0) is 9.59 Å². The van der Waals surface area contributed by atoms with Gasteiger partial charge in [0, 0.05) is 12.1 Å². The number of amides is 2. The molecule has 4 nitrogen and oxygen atoms in total. The molecule has 1 aromatic carbocycles. The van der Waals surface area contributed by atoms with E-state index in [4.69, 9.17) is 0 Å². The first-order chi connectivity index (χ1) is 12.4. The van der Waals surface area contributed by atoms with Gasteiger partial charge in [-0.3, -0.25) is 9.59 Å². The van der Waals surface area contributed by atoms with Gasteiger partial charge in [-0.1, -0.05) is 43.7 Å². The fourth-order valence-corrected chi connectivity index (χ4v) is 4.34. The summed E-state index contributed by atoms with van der Waals surface area (Å²) in [4.78, 5) is 30.3. The maximum absolute atomic E-state index is 13.5. The highest BCUT2D eigenvalue weighted by atomic mass is 16.2. The molecule has 0 bridgehead atoms. The summed E-state index contributed by atoms with van der Waals surface area (Å²) in [5, 5.41) is 0. The van der Waals surface area contributed by atoms with Gasteiger partial charge in [-0.05, 0) is 57.4 Å². The number of piperazine rings is 1. The van der Waals surface area contributed by atoms with Crippen LogP contribution in [0.3, 0.4) is 0 Å². The van der Waals surface area contributed by atoms with Gasteiger partial charge >= 0.3 is 0 Å². The number of benzene rings is 1. The molecule has 26 heavy (non-hydrogen) atoms. The van der Waals surface area contributed by atoms with Crippen LogP contribution < -0.4 is 0 Å². The van der Waals surface area contributed by atoms with Crippen molar-refractivity contribution in [1.29, 1.82) is 0 Å². The Hall–Kier alpha value is -1.84. The van der Waals surface area contributed by atoms with E-state index in [1.807, 2.05) is 47.9 Å². The van der Waals surface area contributed by atoms with Crippen LogP contribution in [0.4, 0.5) is 0 Å². The van der Waals surface area contributed by atoms with Crippen LogP contribution in [0.15, 0.2) is 24.3 Å². The van der Waals surface area contributed by atoms with Gasteiger partial charge in [0.05, 0.1) is 0 Å². The summed E-state index contributed by atoms with van der Waals surface area (Å²) in [5.74, 6) is 0.919. The molecule has 2 aliphatic rings. The highest BCUT2D eigenvalue weighted by Crippen LogP contribution is 2.35. The molecule has 3 rings (SSSR count). The van der Waals surface area contributed by atoms with E-state index in [1.165, 1.54) is 0 Å². The minimum Gasteiger partial charge on any atom is -0.328 e. The predicted molar refractivity (Wildman–Crippen MR) is 104 cm³/mol. The van der Waals surface area contributed by atoms with E-state index in [-0.39, 0.29) is 30.4 Å². The average molecular weight is 357 g/mol. The average Bonchev–Trinajstić information content (AvgIpc) is 2.64. The minimum absolute atomic E-state index is 0.0614. The quantitative estimate of drug-likeness (QED) is 0.815. The van der Waals surface area contributed by atoms with E-state index in [0.29, 0.717) is 0 Å². The Morgan fingerprint density at radius 2 is 1.69 bits per heavy atom. The maximum atomic E-state index is 13.5. The maximum Gasteiger partial charge on any atom is 0.250 e. The van der Waals surface area contributed by atoms with E-state index < -0.39 is 6.04 Å². The molecule has 2 fully saturated rings. The fourth-order valence-electron chi connectivity index (χ4n) is 4.34. The lowest BCUT2D eigenvalue weighted by molar-refractivity contribution is -0.161. The second kappa shape index (κ2) is 7.81. The largest absolute Gasteiger partial charge is 0.328 e. The fraction of sp³-hybridized carbons (Fsp3) is 0.636. The topological polar surface area (TPSA) is 40.6 Å². The number of aryl methyl sites for hydroxylation is 1. The Morgan fingerprint density at radius 1 is 1.08 bits per heavy atom. The van der Waals surface area contributed by atoms with Crippen LogP contribution in [-0.4, -0.2) is 40.2 Å². The van der Waals surface area contributed by atoms with E-state index in [2.05, 4.69) is 13.8 Å². The number of nitrogens with zero attached hydrogens (tertiary/aromatic N) is 2. The van der Waals surface area contributed by atoms with Crippen LogP contribution >= 0.6 is 0 Å². The molecule has 2 atom stereocenters. The first-order valence-electron chi connectivity index (χ1n) is 10.1. The molecule has 0 unspecified atom stereocenters. The molecule has 1 heterocycles. The van der Waals surface area contributed by atoms with Crippen molar-refractivity contribution in [3.63, 3.8) is 0 Å². The van der Waals surface area contributed by atoms with Gasteiger partial charge < -0.3 is 9.80 Å². The van der Waals surface area contributed by atoms with Crippen molar-refractivity contribution in [3.05, 3.63) is 35.4 Å². The van der Waals surface area contributed by atoms with Gasteiger partial charge in [-0.25, -0.2) is 0 Å². The summed E-state index contributed by atoms with van der Waals surface area (Å²) >= 11 is 0. The lowest BCUT2D eigenvalue weighted by Crippen LogP contribution is -2.60. The highest BCUT2D eigenvalue weighted by molar-refractivity contribution is 5.96. The van der Waals surface area contributed by atoms with Crippen molar-refractivity contribution in [2.24, 2.45) is 5.92 Å². The van der Waals surface area contributed by atoms with Gasteiger partial charge in [0.25, 0.3) is 5.91 Å². The number of rotatable bonds is 4. The Bertz CT molecular complexity index is 647. The monoisotopic (exact) mass is 356 g/mol. The Labute approximate surface area is 157 Å². The zero-order valence-electron chi connectivity index (χ0n) is 16.6. The SMILES string of the molecule is CC[C@H](C)N1C(=O)CN(C2CCC(C)CC2)C(=O)[C@@H]1c1ccc(C)cc1. The van der Waals surface area contributed by atoms with Crippen molar-refractivity contribution >= 4 is 11.8 Å². The van der Waals surface area contributed by atoms with E-state index in [1.54, 1.807) is 0 Å². The lowest BCUT2D eigenvalue weighted by Gasteiger charge is -2.47. The molecule has 1 aromatic rings. The van der Waals surface area contributed by atoms with Crippen molar-refractivity contribution < 1.29 is 9.59 Å². The van der Waals surface area contributed by atoms with E-state index in [9.17, 15) is 9.59 Å². The molecule has 0 aromatic heterocycles. The van der Waals surface area contributed by atoms with E-state index in [0.717, 1.165) is 49.1 Å². The smallest absolute Gasteiger partial charge is 0.250 e. The van der Waals surface area contributed by atoms with E-state index >= 15 is 0 Å². The van der Waals surface area contributed by atoms with Crippen LogP contribution in [0.25, 0.3) is 0 Å². The van der Waals surface area contributed by atoms with Gasteiger partial charge in [0.1, 0.15) is 12.6 Å². The zero-order valence-corrected chi connectivity index (χ0v) is 16.6. The summed E-state index contributed by atoms with van der Waals surface area (Å²) in [6.45, 7) is 8.68. The molecular weight excluding hydrogens is 324 g/mol. The predicted octanol–water partition coefficient (Wildman–Crippen LogP) is 4.08. The van der Waals surface area contributed by atoms with Gasteiger partial charge in [0.15, 0.2) is 0 Å². The number of carbonyl (C=O) groups is 2. The third-order valence-corrected chi connectivity index (χ3v) is 6.27. The molecule has 1 saturated heterocycles. The standard InChI is InChI=1S/C22H32N2O2/c1-5-17(4)24-20(25)14-23(19-12-8-16(3)9-13-19)22(26)21(24)18-10-6-15(2)7-11-18/h6-7,10-11,16-17,19,21H,5,8-9,12-14H2,1-4H3/t16?,17-,19?,21-/m0/s1. The number of hydrogen-bond acceptors (Lipinski definition) is 2. The highest BCUT2D eigenvalue weighted by Gasteiger charge is 2.44. The number of hydrogen-bond donors (Lipinski definition) is 0. The molecule has 142 valence electrons. The molecule has 2 amide bonds. The molecule has 1 aliphatic carbocycles. The summed E-state index contributed by atoms with van der Waals surface area (Å²) < 4.78 is 0. The number of carbonyl (C=O) groups excluding carboxylic acids is 2. The molecule has 0 spiro atoms. The van der Waals surface area contributed by atoms with Crippen LogP contribution in [0.5, 0.6) is 0 Å². The Morgan fingerprint density at radius 3 is 2.27 bits per heavy atom. The third-order valence-electron chi connectivity index (χ3n) is 6.27. The van der Waals surface area contributed by atoms with Crippen molar-refractivity contribution in [2.75, 3.05) is 6.54 Å². The first kappa shape index (κ1) is 18.9. The van der Waals surface area contributed by atoms with Crippen molar-refractivity contribution in [2.45, 2.75) is 77.9 Å². The first-order valence-corrected chi connectivity index (χ1v) is 10.1. The molecule has 4 heteroatoms. The zero-order chi connectivity index (χ0) is 18.8. The molecule has 1 aliphatic heterocycles.